The van der Waals surface area contributed by atoms with E-state index in [0.717, 1.165) is 12.1 Å². The average Bonchev–Trinajstić information content (AvgIpc) is 2.61. The molecule has 1 unspecified atom stereocenters. The molecule has 1 atom stereocenters. The van der Waals surface area contributed by atoms with E-state index in [9.17, 15) is 18.0 Å². The number of ether oxygens (including phenoxy) is 2. The van der Waals surface area contributed by atoms with Gasteiger partial charge in [0, 0.05) is 18.3 Å². The molecule has 0 aliphatic carbocycles. The molecular formula is C18H15Cl3F3NO3. The van der Waals surface area contributed by atoms with Crippen molar-refractivity contribution in [1.29, 1.82) is 0 Å². The summed E-state index contributed by atoms with van der Waals surface area (Å²) in [5.74, 6) is -0.337. The van der Waals surface area contributed by atoms with E-state index in [2.05, 4.69) is 10.1 Å². The molecule has 2 aromatic carbocycles. The van der Waals surface area contributed by atoms with Crippen molar-refractivity contribution in [2.24, 2.45) is 0 Å². The van der Waals surface area contributed by atoms with Crippen LogP contribution in [0.15, 0.2) is 42.5 Å². The summed E-state index contributed by atoms with van der Waals surface area (Å²) in [5, 5.41) is 3.16. The third-order valence-electron chi connectivity index (χ3n) is 3.50. The van der Waals surface area contributed by atoms with Crippen LogP contribution < -0.4 is 14.8 Å². The van der Waals surface area contributed by atoms with Crippen molar-refractivity contribution in [2.45, 2.75) is 18.8 Å². The Hall–Kier alpha value is -1.83. The van der Waals surface area contributed by atoms with E-state index in [4.69, 9.17) is 39.5 Å². The maximum atomic E-state index is 12.4. The molecule has 0 spiro atoms. The first-order chi connectivity index (χ1) is 13.2. The van der Waals surface area contributed by atoms with Crippen LogP contribution >= 0.6 is 34.8 Å². The molecule has 1 N–H and O–H groups in total. The number of rotatable bonds is 8. The predicted octanol–water partition coefficient (Wildman–Crippen LogP) is 5.70. The highest BCUT2D eigenvalue weighted by Crippen LogP contribution is 2.25. The molecule has 0 bridgehead atoms. The topological polar surface area (TPSA) is 47.6 Å². The summed E-state index contributed by atoms with van der Waals surface area (Å²) >= 11 is 17.9. The minimum absolute atomic E-state index is 0.121. The number of nitrogens with one attached hydrogen (secondary N) is 1. The first-order valence-electron chi connectivity index (χ1n) is 7.99. The summed E-state index contributed by atoms with van der Waals surface area (Å²) in [5.41, 5.74) is 0.155. The van der Waals surface area contributed by atoms with Gasteiger partial charge in [0.05, 0.1) is 22.2 Å². The molecule has 0 fully saturated rings. The molecule has 0 heterocycles. The Morgan fingerprint density at radius 2 is 1.61 bits per heavy atom. The second-order valence-electron chi connectivity index (χ2n) is 5.58. The Labute approximate surface area is 174 Å². The summed E-state index contributed by atoms with van der Waals surface area (Å²) < 4.78 is 45.6. The predicted molar refractivity (Wildman–Crippen MR) is 102 cm³/mol. The average molecular weight is 457 g/mol. The summed E-state index contributed by atoms with van der Waals surface area (Å²) in [6.07, 6.45) is -4.39. The Balaban J connectivity index is 1.86. The van der Waals surface area contributed by atoms with Crippen LogP contribution in [0.5, 0.6) is 11.5 Å². The van der Waals surface area contributed by atoms with Gasteiger partial charge in [0.1, 0.15) is 11.5 Å². The van der Waals surface area contributed by atoms with Crippen LogP contribution in [0.4, 0.5) is 13.2 Å². The largest absolute Gasteiger partial charge is 0.573 e. The van der Waals surface area contributed by atoms with Gasteiger partial charge in [0.2, 0.25) is 0 Å². The molecule has 2 rings (SSSR count). The lowest BCUT2D eigenvalue weighted by molar-refractivity contribution is -0.274. The van der Waals surface area contributed by atoms with Crippen LogP contribution in [-0.2, 0) is 0 Å². The lowest BCUT2D eigenvalue weighted by Gasteiger charge is -2.17. The molecular weight excluding hydrogens is 442 g/mol. The van der Waals surface area contributed by atoms with E-state index in [1.165, 1.54) is 12.1 Å². The lowest BCUT2D eigenvalue weighted by atomic mass is 10.1. The highest BCUT2D eigenvalue weighted by Gasteiger charge is 2.31. The maximum absolute atomic E-state index is 12.4. The van der Waals surface area contributed by atoms with Crippen molar-refractivity contribution >= 4 is 40.7 Å². The van der Waals surface area contributed by atoms with E-state index in [0.29, 0.717) is 12.2 Å². The van der Waals surface area contributed by atoms with Crippen molar-refractivity contribution in [3.8, 4) is 11.5 Å². The van der Waals surface area contributed by atoms with Crippen LogP contribution in [0.1, 0.15) is 16.8 Å². The second-order valence-corrected chi connectivity index (χ2v) is 6.70. The van der Waals surface area contributed by atoms with E-state index >= 15 is 0 Å². The van der Waals surface area contributed by atoms with Gasteiger partial charge in [0.25, 0.3) is 5.91 Å². The van der Waals surface area contributed by atoms with Crippen molar-refractivity contribution in [3.05, 3.63) is 58.1 Å². The number of halogens is 6. The molecule has 0 saturated heterocycles. The molecule has 0 aromatic heterocycles. The zero-order chi connectivity index (χ0) is 20.7. The zero-order valence-electron chi connectivity index (χ0n) is 14.2. The zero-order valence-corrected chi connectivity index (χ0v) is 16.5. The first kappa shape index (κ1) is 22.5. The van der Waals surface area contributed by atoms with Gasteiger partial charge in [-0.2, -0.15) is 0 Å². The van der Waals surface area contributed by atoms with Gasteiger partial charge in [-0.1, -0.05) is 29.3 Å². The Morgan fingerprint density at radius 1 is 1.04 bits per heavy atom. The fourth-order valence-corrected chi connectivity index (χ4v) is 3.02. The number of benzene rings is 2. The van der Waals surface area contributed by atoms with Gasteiger partial charge in [0.15, 0.2) is 0 Å². The van der Waals surface area contributed by atoms with Crippen LogP contribution in [0.3, 0.4) is 0 Å². The second kappa shape index (κ2) is 10.1. The quantitative estimate of drug-likeness (QED) is 0.519. The molecule has 1 amide bonds. The fraction of sp³-hybridized carbons (Fsp3) is 0.278. The summed E-state index contributed by atoms with van der Waals surface area (Å²) in [4.78, 5) is 12.4. The Bertz CT molecular complexity index is 781. The molecule has 0 radical (unpaired) electrons. The monoisotopic (exact) mass is 455 g/mol. The first-order valence-corrected chi connectivity index (χ1v) is 9.28. The van der Waals surface area contributed by atoms with Crippen molar-refractivity contribution in [2.75, 3.05) is 12.5 Å². The van der Waals surface area contributed by atoms with Crippen LogP contribution in [0.2, 0.25) is 10.0 Å². The molecule has 152 valence electrons. The molecule has 4 nitrogen and oxygen atoms in total. The molecule has 28 heavy (non-hydrogen) atoms. The lowest BCUT2D eigenvalue weighted by Crippen LogP contribution is -2.37. The van der Waals surface area contributed by atoms with E-state index in [1.54, 1.807) is 18.2 Å². The van der Waals surface area contributed by atoms with Gasteiger partial charge in [-0.3, -0.25) is 4.79 Å². The highest BCUT2D eigenvalue weighted by atomic mass is 35.5. The molecule has 2 aromatic rings. The van der Waals surface area contributed by atoms with Crippen molar-refractivity contribution in [3.63, 3.8) is 0 Å². The van der Waals surface area contributed by atoms with E-state index in [-0.39, 0.29) is 33.8 Å². The molecule has 0 aliphatic heterocycles. The van der Waals surface area contributed by atoms with Gasteiger partial charge in [-0.05, 0) is 36.4 Å². The SMILES string of the molecule is O=C(NC(CCl)CCOc1ccc(OC(F)(F)F)cc1)c1c(Cl)cccc1Cl. The summed E-state index contributed by atoms with van der Waals surface area (Å²) in [6.45, 7) is 0.174. The van der Waals surface area contributed by atoms with Crippen LogP contribution in [0, 0.1) is 0 Å². The van der Waals surface area contributed by atoms with Gasteiger partial charge >= 0.3 is 6.36 Å². The molecule has 10 heteroatoms. The molecule has 0 saturated carbocycles. The Morgan fingerprint density at radius 3 is 2.14 bits per heavy atom. The van der Waals surface area contributed by atoms with E-state index < -0.39 is 18.3 Å². The minimum Gasteiger partial charge on any atom is -0.494 e. The fourth-order valence-electron chi connectivity index (χ4n) is 2.22. The summed E-state index contributed by atoms with van der Waals surface area (Å²) in [7, 11) is 0. The normalized spacial score (nSPS) is 12.4. The van der Waals surface area contributed by atoms with Crippen LogP contribution in [-0.4, -0.2) is 30.8 Å². The third-order valence-corrected chi connectivity index (χ3v) is 4.51. The number of carbonyl (C=O) groups is 1. The summed E-state index contributed by atoms with van der Waals surface area (Å²) in [6, 6.07) is 9.28. The van der Waals surface area contributed by atoms with Crippen LogP contribution in [0.25, 0.3) is 0 Å². The molecule has 0 aliphatic rings. The van der Waals surface area contributed by atoms with Gasteiger partial charge in [-0.25, -0.2) is 0 Å². The number of carbonyl (C=O) groups excluding carboxylic acids is 1. The maximum Gasteiger partial charge on any atom is 0.573 e. The number of hydrogen-bond donors (Lipinski definition) is 1. The highest BCUT2D eigenvalue weighted by molar-refractivity contribution is 6.39. The van der Waals surface area contributed by atoms with Gasteiger partial charge in [-0.15, -0.1) is 24.8 Å². The number of hydrogen-bond acceptors (Lipinski definition) is 3. The van der Waals surface area contributed by atoms with Crippen molar-refractivity contribution in [1.82, 2.24) is 5.32 Å². The third kappa shape index (κ3) is 6.96. The standard InChI is InChI=1S/C18H15Cl3F3NO3/c19-10-11(25-17(26)16-14(20)2-1-3-15(16)21)8-9-27-12-4-6-13(7-5-12)28-18(22,23)24/h1-7,11H,8-10H2,(H,25,26). The van der Waals surface area contributed by atoms with Crippen molar-refractivity contribution < 1.29 is 27.4 Å². The van der Waals surface area contributed by atoms with Gasteiger partial charge < -0.3 is 14.8 Å². The number of alkyl halides is 4. The van der Waals surface area contributed by atoms with E-state index in [1.807, 2.05) is 0 Å². The smallest absolute Gasteiger partial charge is 0.494 e. The number of amides is 1. The minimum atomic E-state index is -4.75. The Kier molecular flexibility index (Phi) is 8.10.